The molecule has 1 aromatic carbocycles. The lowest BCUT2D eigenvalue weighted by Gasteiger charge is -2.10. The molecule has 1 fully saturated rings. The normalized spacial score (nSPS) is 16.3. The van der Waals surface area contributed by atoms with Gasteiger partial charge in [-0.2, -0.15) is 10.2 Å². The molecule has 1 atom stereocenters. The van der Waals surface area contributed by atoms with E-state index in [9.17, 15) is 0 Å². The number of ether oxygens (including phenoxy) is 3. The van der Waals surface area contributed by atoms with Crippen LogP contribution in [0.3, 0.4) is 0 Å². The maximum Gasteiger partial charge on any atom is 0.179 e. The number of hydrogen-bond donors (Lipinski definition) is 0. The van der Waals surface area contributed by atoms with E-state index < -0.39 is 0 Å². The van der Waals surface area contributed by atoms with Crippen LogP contribution in [0, 0.1) is 6.92 Å². The van der Waals surface area contributed by atoms with Gasteiger partial charge in [0, 0.05) is 25.3 Å². The zero-order valence-electron chi connectivity index (χ0n) is 17.4. The van der Waals surface area contributed by atoms with Crippen LogP contribution in [-0.2, 0) is 17.7 Å². The van der Waals surface area contributed by atoms with Crippen LogP contribution in [0.4, 0.5) is 0 Å². The highest BCUT2D eigenvalue weighted by Gasteiger charge is 2.25. The van der Waals surface area contributed by atoms with E-state index in [0.717, 1.165) is 48.2 Å². The van der Waals surface area contributed by atoms with Crippen molar-refractivity contribution in [3.63, 3.8) is 0 Å². The van der Waals surface area contributed by atoms with E-state index in [4.69, 9.17) is 29.4 Å². The first-order valence-electron chi connectivity index (χ1n) is 9.91. The minimum Gasteiger partial charge on any atom is -0.493 e. The highest BCUT2D eigenvalue weighted by Crippen LogP contribution is 2.29. The van der Waals surface area contributed by atoms with E-state index in [-0.39, 0.29) is 6.04 Å². The smallest absolute Gasteiger partial charge is 0.179 e. The number of benzene rings is 1. The van der Waals surface area contributed by atoms with Gasteiger partial charge in [0.05, 0.1) is 26.9 Å². The zero-order valence-corrected chi connectivity index (χ0v) is 17.4. The molecule has 1 unspecified atom stereocenters. The van der Waals surface area contributed by atoms with Gasteiger partial charge in [-0.3, -0.25) is 4.68 Å². The molecule has 154 valence electrons. The molecule has 0 bridgehead atoms. The Morgan fingerprint density at radius 1 is 1.14 bits per heavy atom. The molecule has 1 saturated heterocycles. The number of nitrogens with zero attached hydrogens (tertiary/aromatic N) is 5. The lowest BCUT2D eigenvalue weighted by atomic mass is 10.1. The number of aromatic nitrogens is 5. The van der Waals surface area contributed by atoms with Crippen molar-refractivity contribution in [2.75, 3.05) is 27.4 Å². The fraction of sp³-hybridized carbons (Fsp3) is 0.476. The lowest BCUT2D eigenvalue weighted by Crippen LogP contribution is -2.12. The highest BCUT2D eigenvalue weighted by molar-refractivity contribution is 5.50. The summed E-state index contributed by atoms with van der Waals surface area (Å²) in [7, 11) is 3.27. The summed E-state index contributed by atoms with van der Waals surface area (Å²) in [4.78, 5) is 4.86. The second-order valence-electron chi connectivity index (χ2n) is 7.17. The van der Waals surface area contributed by atoms with E-state index in [1.807, 2.05) is 27.6 Å². The first-order valence-corrected chi connectivity index (χ1v) is 9.91. The predicted octanol–water partition coefficient (Wildman–Crippen LogP) is 3.04. The summed E-state index contributed by atoms with van der Waals surface area (Å²) in [6, 6.07) is 8.14. The van der Waals surface area contributed by atoms with Crippen molar-refractivity contribution < 1.29 is 14.2 Å². The van der Waals surface area contributed by atoms with Crippen LogP contribution >= 0.6 is 0 Å². The molecular weight excluding hydrogens is 370 g/mol. The molecule has 3 aromatic rings. The summed E-state index contributed by atoms with van der Waals surface area (Å²) in [6.07, 6.45) is 1.53. The maximum absolute atomic E-state index is 5.59. The molecule has 2 aromatic heterocycles. The van der Waals surface area contributed by atoms with Gasteiger partial charge in [0.15, 0.2) is 23.1 Å². The first-order chi connectivity index (χ1) is 14.1. The van der Waals surface area contributed by atoms with Crippen LogP contribution < -0.4 is 9.47 Å². The van der Waals surface area contributed by atoms with Gasteiger partial charge in [0.2, 0.25) is 0 Å². The quantitative estimate of drug-likeness (QED) is 0.610. The van der Waals surface area contributed by atoms with Crippen molar-refractivity contribution in [2.24, 2.45) is 0 Å². The van der Waals surface area contributed by atoms with Crippen molar-refractivity contribution in [3.8, 4) is 23.0 Å². The summed E-state index contributed by atoms with van der Waals surface area (Å²) in [5.41, 5.74) is 3.02. The van der Waals surface area contributed by atoms with Crippen LogP contribution in [0.2, 0.25) is 0 Å². The molecule has 3 heterocycles. The molecule has 8 nitrogen and oxygen atoms in total. The standard InChI is InChI=1S/C21H27N5O3/c1-5-25-14(2)10-17(23-25)21-22-20(24-26(21)16-8-9-29-13-16)12-15-6-7-18(27-3)19(11-15)28-4/h6-7,10-11,16H,5,8-9,12-13H2,1-4H3. The van der Waals surface area contributed by atoms with Crippen LogP contribution in [0.15, 0.2) is 24.3 Å². The Morgan fingerprint density at radius 3 is 2.62 bits per heavy atom. The van der Waals surface area contributed by atoms with Crippen LogP contribution in [0.5, 0.6) is 11.5 Å². The largest absolute Gasteiger partial charge is 0.493 e. The lowest BCUT2D eigenvalue weighted by molar-refractivity contribution is 0.184. The van der Waals surface area contributed by atoms with Crippen molar-refractivity contribution in [1.82, 2.24) is 24.5 Å². The van der Waals surface area contributed by atoms with Gasteiger partial charge in [0.1, 0.15) is 5.69 Å². The third-order valence-electron chi connectivity index (χ3n) is 5.25. The van der Waals surface area contributed by atoms with Crippen LogP contribution in [0.25, 0.3) is 11.5 Å². The van der Waals surface area contributed by atoms with E-state index in [1.165, 1.54) is 0 Å². The molecule has 0 spiro atoms. The van der Waals surface area contributed by atoms with E-state index in [1.54, 1.807) is 14.2 Å². The van der Waals surface area contributed by atoms with Crippen molar-refractivity contribution in [1.29, 1.82) is 0 Å². The average molecular weight is 397 g/mol. The van der Waals surface area contributed by atoms with Gasteiger partial charge < -0.3 is 14.2 Å². The number of methoxy groups -OCH3 is 2. The predicted molar refractivity (Wildman–Crippen MR) is 108 cm³/mol. The Kier molecular flexibility index (Phi) is 5.53. The summed E-state index contributed by atoms with van der Waals surface area (Å²) >= 11 is 0. The Bertz CT molecular complexity index is 988. The second kappa shape index (κ2) is 8.24. The molecule has 0 saturated carbocycles. The highest BCUT2D eigenvalue weighted by atomic mass is 16.5. The van der Waals surface area contributed by atoms with Crippen molar-refractivity contribution >= 4 is 0 Å². The van der Waals surface area contributed by atoms with Gasteiger partial charge in [-0.05, 0) is 44.0 Å². The van der Waals surface area contributed by atoms with Crippen molar-refractivity contribution in [2.45, 2.75) is 39.3 Å². The molecule has 0 amide bonds. The molecule has 0 aliphatic carbocycles. The number of rotatable bonds is 7. The molecule has 1 aliphatic heterocycles. The second-order valence-corrected chi connectivity index (χ2v) is 7.17. The molecule has 8 heteroatoms. The zero-order chi connectivity index (χ0) is 20.4. The molecule has 0 radical (unpaired) electrons. The van der Waals surface area contributed by atoms with Gasteiger partial charge in [-0.15, -0.1) is 0 Å². The Labute approximate surface area is 170 Å². The van der Waals surface area contributed by atoms with Gasteiger partial charge in [-0.25, -0.2) is 9.67 Å². The topological polar surface area (TPSA) is 76.2 Å². The van der Waals surface area contributed by atoms with Gasteiger partial charge in [-0.1, -0.05) is 6.07 Å². The Balaban J connectivity index is 1.69. The fourth-order valence-corrected chi connectivity index (χ4v) is 3.70. The van der Waals surface area contributed by atoms with E-state index in [2.05, 4.69) is 19.9 Å². The van der Waals surface area contributed by atoms with Gasteiger partial charge >= 0.3 is 0 Å². The fourth-order valence-electron chi connectivity index (χ4n) is 3.70. The monoisotopic (exact) mass is 397 g/mol. The molecular formula is C21H27N5O3. The minimum atomic E-state index is 0.184. The number of hydrogen-bond acceptors (Lipinski definition) is 6. The SMILES string of the molecule is CCn1nc(-c2nc(Cc3ccc(OC)c(OC)c3)nn2C2CCOC2)cc1C. The summed E-state index contributed by atoms with van der Waals surface area (Å²) in [5.74, 6) is 2.96. The van der Waals surface area contributed by atoms with Crippen LogP contribution in [-0.4, -0.2) is 52.0 Å². The van der Waals surface area contributed by atoms with Gasteiger partial charge in [0.25, 0.3) is 0 Å². The summed E-state index contributed by atoms with van der Waals surface area (Å²) < 4.78 is 20.3. The van der Waals surface area contributed by atoms with Crippen LogP contribution in [0.1, 0.15) is 36.5 Å². The van der Waals surface area contributed by atoms with Crippen molar-refractivity contribution in [3.05, 3.63) is 41.3 Å². The Hall–Kier alpha value is -2.87. The molecule has 29 heavy (non-hydrogen) atoms. The summed E-state index contributed by atoms with van der Waals surface area (Å²) in [6.45, 7) is 6.37. The third kappa shape index (κ3) is 3.85. The molecule has 1 aliphatic rings. The minimum absolute atomic E-state index is 0.184. The molecule has 0 N–H and O–H groups in total. The van der Waals surface area contributed by atoms with E-state index in [0.29, 0.717) is 24.5 Å². The number of aryl methyl sites for hydroxylation is 2. The first kappa shape index (κ1) is 19.4. The molecule has 4 rings (SSSR count). The summed E-state index contributed by atoms with van der Waals surface area (Å²) in [5, 5.41) is 9.55. The third-order valence-corrected chi connectivity index (χ3v) is 5.25. The van der Waals surface area contributed by atoms with E-state index >= 15 is 0 Å². The Morgan fingerprint density at radius 2 is 1.97 bits per heavy atom. The maximum atomic E-state index is 5.59. The average Bonchev–Trinajstić information content (AvgIpc) is 3.47.